The van der Waals surface area contributed by atoms with Gasteiger partial charge in [-0.2, -0.15) is 11.3 Å². The zero-order valence-corrected chi connectivity index (χ0v) is 11.2. The van der Waals surface area contributed by atoms with Crippen molar-refractivity contribution in [2.75, 3.05) is 6.61 Å². The average Bonchev–Trinajstić information content (AvgIpc) is 2.91. The molecule has 0 spiro atoms. The fourth-order valence-electron chi connectivity index (χ4n) is 2.53. The van der Waals surface area contributed by atoms with Crippen molar-refractivity contribution >= 4 is 17.3 Å². The number of hydrogen-bond donors (Lipinski definition) is 1. The molecule has 0 saturated carbocycles. The van der Waals surface area contributed by atoms with E-state index in [-0.39, 0.29) is 6.61 Å². The van der Waals surface area contributed by atoms with Crippen LogP contribution in [0.1, 0.15) is 11.1 Å². The number of carboxylic acid groups (broad SMARTS) is 1. The highest BCUT2D eigenvalue weighted by molar-refractivity contribution is 7.07. The number of aliphatic carboxylic acids is 1. The van der Waals surface area contributed by atoms with Crippen molar-refractivity contribution in [3.63, 3.8) is 0 Å². The van der Waals surface area contributed by atoms with Crippen LogP contribution in [0.3, 0.4) is 0 Å². The first kappa shape index (κ1) is 12.2. The lowest BCUT2D eigenvalue weighted by Gasteiger charge is -2.34. The van der Waals surface area contributed by atoms with E-state index < -0.39 is 11.4 Å². The molecule has 2 aromatic rings. The summed E-state index contributed by atoms with van der Waals surface area (Å²) >= 11 is 1.59. The quantitative estimate of drug-likeness (QED) is 0.936. The van der Waals surface area contributed by atoms with Gasteiger partial charge in [0.1, 0.15) is 17.8 Å². The van der Waals surface area contributed by atoms with Crippen molar-refractivity contribution in [3.05, 3.63) is 52.2 Å². The van der Waals surface area contributed by atoms with Crippen LogP contribution in [0.15, 0.2) is 41.1 Å². The third-order valence-corrected chi connectivity index (χ3v) is 4.31. The number of carboxylic acids is 1. The van der Waals surface area contributed by atoms with E-state index in [1.54, 1.807) is 11.3 Å². The molecule has 1 aliphatic rings. The van der Waals surface area contributed by atoms with Crippen LogP contribution >= 0.6 is 11.3 Å². The number of hydrogen-bond acceptors (Lipinski definition) is 3. The summed E-state index contributed by atoms with van der Waals surface area (Å²) in [5.41, 5.74) is 1.19. The van der Waals surface area contributed by atoms with E-state index in [0.29, 0.717) is 12.8 Å². The molecule has 0 saturated heterocycles. The lowest BCUT2D eigenvalue weighted by atomic mass is 9.76. The molecule has 0 radical (unpaired) electrons. The van der Waals surface area contributed by atoms with Crippen LogP contribution in [0, 0.1) is 5.41 Å². The van der Waals surface area contributed by atoms with Crippen molar-refractivity contribution in [1.82, 2.24) is 0 Å². The molecular formula is C15H14O3S. The first-order chi connectivity index (χ1) is 9.20. The van der Waals surface area contributed by atoms with Gasteiger partial charge < -0.3 is 9.84 Å². The number of benzene rings is 1. The molecule has 0 fully saturated rings. The van der Waals surface area contributed by atoms with E-state index in [1.165, 1.54) is 0 Å². The van der Waals surface area contributed by atoms with Crippen molar-refractivity contribution in [2.45, 2.75) is 12.8 Å². The highest BCUT2D eigenvalue weighted by atomic mass is 32.1. The SMILES string of the molecule is O=C(O)C1(Cc2ccsc2)COc2ccccc2C1. The molecule has 1 aliphatic heterocycles. The lowest BCUT2D eigenvalue weighted by molar-refractivity contribution is -0.151. The number of thiophene rings is 1. The average molecular weight is 274 g/mol. The first-order valence-electron chi connectivity index (χ1n) is 6.15. The summed E-state index contributed by atoms with van der Waals surface area (Å²) < 4.78 is 5.67. The minimum Gasteiger partial charge on any atom is -0.492 e. The smallest absolute Gasteiger partial charge is 0.313 e. The fourth-order valence-corrected chi connectivity index (χ4v) is 3.20. The van der Waals surface area contributed by atoms with Gasteiger partial charge in [0.05, 0.1) is 0 Å². The van der Waals surface area contributed by atoms with Gasteiger partial charge in [-0.15, -0.1) is 0 Å². The summed E-state index contributed by atoms with van der Waals surface area (Å²) in [7, 11) is 0. The number of rotatable bonds is 3. The maximum atomic E-state index is 11.7. The summed E-state index contributed by atoms with van der Waals surface area (Å²) in [6.07, 6.45) is 1.04. The van der Waals surface area contributed by atoms with Gasteiger partial charge in [0, 0.05) is 0 Å². The molecular weight excluding hydrogens is 260 g/mol. The number of para-hydroxylation sites is 1. The second-order valence-electron chi connectivity index (χ2n) is 4.97. The molecule has 1 N–H and O–H groups in total. The second-order valence-corrected chi connectivity index (χ2v) is 5.75. The van der Waals surface area contributed by atoms with Crippen LogP contribution in [-0.2, 0) is 17.6 Å². The highest BCUT2D eigenvalue weighted by Crippen LogP contribution is 2.37. The molecule has 0 bridgehead atoms. The molecule has 1 aromatic carbocycles. The molecule has 98 valence electrons. The van der Waals surface area contributed by atoms with Gasteiger partial charge in [-0.3, -0.25) is 4.79 Å². The third-order valence-electron chi connectivity index (χ3n) is 3.58. The lowest BCUT2D eigenvalue weighted by Crippen LogP contribution is -2.43. The van der Waals surface area contributed by atoms with E-state index in [2.05, 4.69) is 0 Å². The molecule has 1 aromatic heterocycles. The van der Waals surface area contributed by atoms with Gasteiger partial charge in [0.15, 0.2) is 0 Å². The second kappa shape index (κ2) is 4.70. The molecule has 19 heavy (non-hydrogen) atoms. The predicted octanol–water partition coefficient (Wildman–Crippen LogP) is 3.00. The van der Waals surface area contributed by atoms with Crippen LogP contribution in [0.5, 0.6) is 5.75 Å². The molecule has 2 heterocycles. The fraction of sp³-hybridized carbons (Fsp3) is 0.267. The van der Waals surface area contributed by atoms with Crippen LogP contribution in [0.2, 0.25) is 0 Å². The molecule has 3 nitrogen and oxygen atoms in total. The van der Waals surface area contributed by atoms with Crippen molar-refractivity contribution in [3.8, 4) is 5.75 Å². The summed E-state index contributed by atoms with van der Waals surface area (Å²) in [4.78, 5) is 11.7. The van der Waals surface area contributed by atoms with Crippen LogP contribution < -0.4 is 4.74 Å². The minimum atomic E-state index is -0.852. The van der Waals surface area contributed by atoms with E-state index in [9.17, 15) is 9.90 Å². The Morgan fingerprint density at radius 2 is 2.21 bits per heavy atom. The number of ether oxygens (including phenoxy) is 1. The van der Waals surface area contributed by atoms with Crippen molar-refractivity contribution < 1.29 is 14.6 Å². The Labute approximate surface area is 115 Å². The largest absolute Gasteiger partial charge is 0.492 e. The molecule has 1 atom stereocenters. The topological polar surface area (TPSA) is 46.5 Å². The monoisotopic (exact) mass is 274 g/mol. The molecule has 4 heteroatoms. The highest BCUT2D eigenvalue weighted by Gasteiger charge is 2.43. The molecule has 0 aliphatic carbocycles. The Balaban J connectivity index is 1.93. The Bertz CT molecular complexity index is 591. The number of fused-ring (bicyclic) bond motifs is 1. The molecule has 3 rings (SSSR count). The molecule has 0 amide bonds. The standard InChI is InChI=1S/C15H14O3S/c16-14(17)15(7-11-5-6-19-9-11)8-12-3-1-2-4-13(12)18-10-15/h1-6,9H,7-8,10H2,(H,16,17). The van der Waals surface area contributed by atoms with E-state index in [4.69, 9.17) is 4.74 Å². The summed E-state index contributed by atoms with van der Waals surface area (Å²) in [5, 5.41) is 13.6. The summed E-state index contributed by atoms with van der Waals surface area (Å²) in [5.74, 6) is 0.0258. The maximum absolute atomic E-state index is 11.7. The van der Waals surface area contributed by atoms with Gasteiger partial charge in [-0.25, -0.2) is 0 Å². The van der Waals surface area contributed by atoms with Gasteiger partial charge in [-0.1, -0.05) is 18.2 Å². The Kier molecular flexibility index (Phi) is 3.03. The van der Waals surface area contributed by atoms with Crippen molar-refractivity contribution in [2.24, 2.45) is 5.41 Å². The zero-order chi connectivity index (χ0) is 13.3. The first-order valence-corrected chi connectivity index (χ1v) is 7.09. The van der Waals surface area contributed by atoms with E-state index in [1.807, 2.05) is 41.1 Å². The predicted molar refractivity (Wildman–Crippen MR) is 73.7 cm³/mol. The Hall–Kier alpha value is -1.81. The number of carbonyl (C=O) groups is 1. The van der Waals surface area contributed by atoms with Gasteiger partial charge in [0.2, 0.25) is 0 Å². The maximum Gasteiger partial charge on any atom is 0.313 e. The summed E-state index contributed by atoms with van der Waals surface area (Å²) in [6.45, 7) is 0.231. The van der Waals surface area contributed by atoms with Crippen LogP contribution in [-0.4, -0.2) is 17.7 Å². The van der Waals surface area contributed by atoms with Crippen LogP contribution in [0.25, 0.3) is 0 Å². The van der Waals surface area contributed by atoms with E-state index in [0.717, 1.165) is 16.9 Å². The van der Waals surface area contributed by atoms with Gasteiger partial charge in [-0.05, 0) is 46.9 Å². The minimum absolute atomic E-state index is 0.231. The van der Waals surface area contributed by atoms with Crippen molar-refractivity contribution in [1.29, 1.82) is 0 Å². The normalized spacial score (nSPS) is 21.5. The summed E-state index contributed by atoms with van der Waals surface area (Å²) in [6, 6.07) is 9.65. The molecule has 1 unspecified atom stereocenters. The Morgan fingerprint density at radius 1 is 1.37 bits per heavy atom. The third kappa shape index (κ3) is 2.24. The van der Waals surface area contributed by atoms with Gasteiger partial charge in [0.25, 0.3) is 0 Å². The van der Waals surface area contributed by atoms with E-state index >= 15 is 0 Å². The van der Waals surface area contributed by atoms with Gasteiger partial charge >= 0.3 is 5.97 Å². The van der Waals surface area contributed by atoms with Crippen LogP contribution in [0.4, 0.5) is 0 Å². The Morgan fingerprint density at radius 3 is 2.95 bits per heavy atom. The zero-order valence-electron chi connectivity index (χ0n) is 10.3.